The van der Waals surface area contributed by atoms with E-state index in [1.54, 1.807) is 9.80 Å². The summed E-state index contributed by atoms with van der Waals surface area (Å²) in [5, 5.41) is 15.4. The van der Waals surface area contributed by atoms with E-state index < -0.39 is 34.6 Å². The minimum Gasteiger partial charge on any atom is -0.506 e. The first-order chi connectivity index (χ1) is 23.9. The number of anilines is 1. The number of carbonyl (C=O) groups excluding carboxylic acids is 3. The van der Waals surface area contributed by atoms with Gasteiger partial charge < -0.3 is 35.3 Å². The standard InChI is InChI=1S/C36H46ClF3N6O4/c1-43-13-6-24(7-14-43)25-8-15-44(16-9-25)33(48)31(22-23-20-28(36(38,39)40)32(47)29(37)21-23)42-34(49)45-17-11-27(12-18-45)46-19-10-26-4-2-3-5-30(26)41-35(46)50/h2-5,20-21,24-25,27,31,47H,6-19,22H2,1H3,(H,41,50)(H,42,49)/t31-/m1/s1. The number of aromatic hydroxyl groups is 1. The molecule has 50 heavy (non-hydrogen) atoms. The quantitative estimate of drug-likeness (QED) is 0.349. The minimum atomic E-state index is -4.86. The van der Waals surface area contributed by atoms with Gasteiger partial charge in [-0.3, -0.25) is 4.79 Å². The highest BCUT2D eigenvalue weighted by atomic mass is 35.5. The van der Waals surface area contributed by atoms with E-state index in [1.807, 2.05) is 29.2 Å². The molecule has 272 valence electrons. The van der Waals surface area contributed by atoms with Gasteiger partial charge in [-0.15, -0.1) is 0 Å². The maximum Gasteiger partial charge on any atom is 0.420 e. The van der Waals surface area contributed by atoms with Crippen molar-refractivity contribution in [2.75, 3.05) is 58.2 Å². The molecule has 3 N–H and O–H groups in total. The lowest BCUT2D eigenvalue weighted by Crippen LogP contribution is -2.57. The topological polar surface area (TPSA) is 108 Å². The van der Waals surface area contributed by atoms with Crippen molar-refractivity contribution in [1.29, 1.82) is 0 Å². The van der Waals surface area contributed by atoms with Gasteiger partial charge in [-0.25, -0.2) is 9.59 Å². The average Bonchev–Trinajstić information content (AvgIpc) is 3.27. The van der Waals surface area contributed by atoms with Crippen LogP contribution < -0.4 is 10.6 Å². The zero-order valence-corrected chi connectivity index (χ0v) is 29.1. The number of phenols is 1. The maximum absolute atomic E-state index is 14.0. The van der Waals surface area contributed by atoms with Crippen LogP contribution in [0.2, 0.25) is 5.02 Å². The maximum atomic E-state index is 14.0. The van der Waals surface area contributed by atoms with Crippen molar-refractivity contribution in [2.24, 2.45) is 11.8 Å². The number of benzene rings is 2. The number of para-hydroxylation sites is 1. The molecule has 0 radical (unpaired) electrons. The Morgan fingerprint density at radius 3 is 2.22 bits per heavy atom. The monoisotopic (exact) mass is 718 g/mol. The fourth-order valence-corrected chi connectivity index (χ4v) is 8.34. The van der Waals surface area contributed by atoms with Crippen molar-refractivity contribution in [3.8, 4) is 5.75 Å². The second-order valence-corrected chi connectivity index (χ2v) is 14.6. The van der Waals surface area contributed by atoms with E-state index in [9.17, 15) is 32.7 Å². The molecule has 0 unspecified atom stereocenters. The average molecular weight is 719 g/mol. The highest BCUT2D eigenvalue weighted by molar-refractivity contribution is 6.32. The lowest BCUT2D eigenvalue weighted by Gasteiger charge is -2.41. The number of nitrogens with one attached hydrogen (secondary N) is 2. The number of hydrogen-bond acceptors (Lipinski definition) is 5. The van der Waals surface area contributed by atoms with Crippen LogP contribution in [0.15, 0.2) is 36.4 Å². The predicted molar refractivity (Wildman–Crippen MR) is 184 cm³/mol. The number of fused-ring (bicyclic) bond motifs is 1. The fourth-order valence-electron chi connectivity index (χ4n) is 8.10. The van der Waals surface area contributed by atoms with Gasteiger partial charge in [-0.05, 0) is 106 Å². The Kier molecular flexibility index (Phi) is 11.0. The summed E-state index contributed by atoms with van der Waals surface area (Å²) in [5.41, 5.74) is 0.654. The van der Waals surface area contributed by atoms with E-state index in [4.69, 9.17) is 11.6 Å². The summed E-state index contributed by atoms with van der Waals surface area (Å²) in [6.07, 6.45) is 0.650. The molecule has 10 nitrogen and oxygen atoms in total. The van der Waals surface area contributed by atoms with Crippen molar-refractivity contribution in [3.63, 3.8) is 0 Å². The van der Waals surface area contributed by atoms with Crippen LogP contribution in [0.25, 0.3) is 0 Å². The van der Waals surface area contributed by atoms with Crippen LogP contribution >= 0.6 is 11.6 Å². The van der Waals surface area contributed by atoms with Crippen LogP contribution in [0.1, 0.15) is 55.2 Å². The van der Waals surface area contributed by atoms with E-state index in [0.717, 1.165) is 56.1 Å². The van der Waals surface area contributed by atoms with Gasteiger partial charge in [0.15, 0.2) is 0 Å². The molecule has 1 atom stereocenters. The number of rotatable bonds is 6. The van der Waals surface area contributed by atoms with Gasteiger partial charge in [-0.1, -0.05) is 29.8 Å². The Labute approximate surface area is 295 Å². The Morgan fingerprint density at radius 1 is 0.940 bits per heavy atom. The molecule has 4 aliphatic rings. The van der Waals surface area contributed by atoms with Gasteiger partial charge in [0.2, 0.25) is 5.91 Å². The van der Waals surface area contributed by atoms with Crippen molar-refractivity contribution in [2.45, 2.75) is 69.6 Å². The van der Waals surface area contributed by atoms with Gasteiger partial charge >= 0.3 is 18.2 Å². The lowest BCUT2D eigenvalue weighted by atomic mass is 9.79. The Morgan fingerprint density at radius 2 is 1.56 bits per heavy atom. The fraction of sp³-hybridized carbons (Fsp3) is 0.583. The second kappa shape index (κ2) is 15.3. The van der Waals surface area contributed by atoms with Crippen LogP contribution in [0.5, 0.6) is 5.75 Å². The smallest absolute Gasteiger partial charge is 0.420 e. The Hall–Kier alpha value is -3.71. The van der Waals surface area contributed by atoms with Crippen LogP contribution in [-0.2, 0) is 23.8 Å². The number of halogens is 4. The molecule has 2 aromatic rings. The first kappa shape index (κ1) is 36.1. The van der Waals surface area contributed by atoms with Crippen molar-refractivity contribution in [1.82, 2.24) is 24.9 Å². The summed E-state index contributed by atoms with van der Waals surface area (Å²) in [7, 11) is 2.13. The summed E-state index contributed by atoms with van der Waals surface area (Å²) >= 11 is 6.01. The molecule has 4 aliphatic heterocycles. The molecule has 14 heteroatoms. The molecular formula is C36H46ClF3N6O4. The zero-order valence-electron chi connectivity index (χ0n) is 28.4. The van der Waals surface area contributed by atoms with Crippen LogP contribution in [-0.4, -0.2) is 108 Å². The Bertz CT molecular complexity index is 1550. The number of carbonyl (C=O) groups is 3. The number of alkyl halides is 3. The van der Waals surface area contributed by atoms with E-state index in [1.165, 1.54) is 6.07 Å². The molecule has 4 heterocycles. The van der Waals surface area contributed by atoms with Gasteiger partial charge in [0.25, 0.3) is 0 Å². The number of amides is 5. The number of phenolic OH excluding ortho intramolecular Hbond substituents is 1. The SMILES string of the molecule is CN1CCC(C2CCN(C(=O)[C@@H](Cc3cc(Cl)c(O)c(C(F)(F)F)c3)NC(=O)N3CCC(N4CCc5ccccc5NC4=O)CC3)CC2)CC1. The molecule has 2 aromatic carbocycles. The summed E-state index contributed by atoms with van der Waals surface area (Å²) in [5.74, 6) is -0.311. The van der Waals surface area contributed by atoms with Crippen molar-refractivity contribution in [3.05, 3.63) is 58.1 Å². The largest absolute Gasteiger partial charge is 0.506 e. The summed E-state index contributed by atoms with van der Waals surface area (Å²) < 4.78 is 41.2. The number of urea groups is 2. The third kappa shape index (κ3) is 8.25. The molecule has 6 rings (SSSR count). The first-order valence-corrected chi connectivity index (χ1v) is 18.0. The predicted octanol–water partition coefficient (Wildman–Crippen LogP) is 5.82. The van der Waals surface area contributed by atoms with Gasteiger partial charge in [0.05, 0.1) is 10.6 Å². The summed E-state index contributed by atoms with van der Waals surface area (Å²) in [4.78, 5) is 48.2. The Balaban J connectivity index is 1.12. The lowest BCUT2D eigenvalue weighted by molar-refractivity contribution is -0.138. The molecule has 0 saturated carbocycles. The highest BCUT2D eigenvalue weighted by Crippen LogP contribution is 2.41. The van der Waals surface area contributed by atoms with E-state index in [-0.39, 0.29) is 30.0 Å². The van der Waals surface area contributed by atoms with E-state index >= 15 is 0 Å². The molecule has 0 aromatic heterocycles. The second-order valence-electron chi connectivity index (χ2n) is 14.2. The van der Waals surface area contributed by atoms with Crippen molar-refractivity contribution < 1.29 is 32.7 Å². The number of piperidine rings is 3. The molecule has 0 bridgehead atoms. The van der Waals surface area contributed by atoms with E-state index in [2.05, 4.69) is 22.6 Å². The van der Waals surface area contributed by atoms with Gasteiger partial charge in [0.1, 0.15) is 11.8 Å². The molecule has 3 fully saturated rings. The molecular weight excluding hydrogens is 673 g/mol. The highest BCUT2D eigenvalue weighted by Gasteiger charge is 2.38. The normalized spacial score (nSPS) is 21.0. The summed E-state index contributed by atoms with van der Waals surface area (Å²) in [6, 6.07) is 7.83. The molecule has 0 spiro atoms. The molecule has 5 amide bonds. The number of likely N-dealkylation sites (tertiary alicyclic amines) is 3. The number of nitrogens with zero attached hydrogens (tertiary/aromatic N) is 4. The third-order valence-electron chi connectivity index (χ3n) is 11.1. The summed E-state index contributed by atoms with van der Waals surface area (Å²) in [6.45, 7) is 4.39. The minimum absolute atomic E-state index is 0.0726. The molecule has 0 aliphatic carbocycles. The van der Waals surface area contributed by atoms with Crippen molar-refractivity contribution >= 4 is 35.3 Å². The van der Waals surface area contributed by atoms with Gasteiger partial charge in [0, 0.05) is 50.9 Å². The van der Waals surface area contributed by atoms with E-state index in [0.29, 0.717) is 63.8 Å². The zero-order chi connectivity index (χ0) is 35.6. The number of hydrogen-bond donors (Lipinski definition) is 3. The first-order valence-electron chi connectivity index (χ1n) is 17.6. The van der Waals surface area contributed by atoms with Gasteiger partial charge in [-0.2, -0.15) is 13.2 Å². The third-order valence-corrected chi connectivity index (χ3v) is 11.4. The van der Waals surface area contributed by atoms with Crippen LogP contribution in [0, 0.1) is 11.8 Å². The van der Waals surface area contributed by atoms with Crippen LogP contribution in [0.3, 0.4) is 0 Å². The van der Waals surface area contributed by atoms with Crippen LogP contribution in [0.4, 0.5) is 28.4 Å². The molecule has 3 saturated heterocycles.